The number of aromatic nitrogens is 2. The Hall–Kier alpha value is -3.64. The van der Waals surface area contributed by atoms with Crippen LogP contribution in [0.2, 0.25) is 0 Å². The Morgan fingerprint density at radius 1 is 1.29 bits per heavy atom. The number of rotatable bonds is 7. The van der Waals surface area contributed by atoms with Crippen LogP contribution in [0, 0.1) is 11.6 Å². The third-order valence-corrected chi connectivity index (χ3v) is 7.70. The molecule has 0 saturated carbocycles. The van der Waals surface area contributed by atoms with Gasteiger partial charge < -0.3 is 9.71 Å². The number of anilines is 1. The molecule has 0 spiro atoms. The molecule has 0 aliphatic carbocycles. The SMILES string of the molecule is CCCS(=O)(=O)Nc1ccc(F)c(C(=O)c2c[nH]c3ncc(C4=CC5=CNSN5C=C4)cc23)c1F. The Morgan fingerprint density at radius 2 is 2.11 bits per heavy atom. The highest BCUT2D eigenvalue weighted by Crippen LogP contribution is 2.33. The Balaban J connectivity index is 1.54. The number of carbonyl (C=O) groups excluding carboxylic acids is 1. The number of fused-ring (bicyclic) bond motifs is 2. The highest BCUT2D eigenvalue weighted by molar-refractivity contribution is 7.95. The first-order valence-electron chi connectivity index (χ1n) is 10.6. The number of halogens is 2. The third-order valence-electron chi connectivity index (χ3n) is 5.47. The zero-order chi connectivity index (χ0) is 24.7. The number of hydrogen-bond acceptors (Lipinski definition) is 7. The summed E-state index contributed by atoms with van der Waals surface area (Å²) in [4.78, 5) is 20.5. The van der Waals surface area contributed by atoms with Crippen LogP contribution in [-0.4, -0.2) is 34.2 Å². The van der Waals surface area contributed by atoms with Gasteiger partial charge in [-0.05, 0) is 42.3 Å². The van der Waals surface area contributed by atoms with E-state index in [2.05, 4.69) is 19.4 Å². The van der Waals surface area contributed by atoms with E-state index in [-0.39, 0.29) is 11.3 Å². The molecule has 0 bridgehead atoms. The molecule has 0 saturated heterocycles. The van der Waals surface area contributed by atoms with Crippen molar-refractivity contribution in [1.82, 2.24) is 19.0 Å². The van der Waals surface area contributed by atoms with E-state index in [0.717, 1.165) is 23.4 Å². The smallest absolute Gasteiger partial charge is 0.232 e. The van der Waals surface area contributed by atoms with Gasteiger partial charge in [0.2, 0.25) is 15.8 Å². The summed E-state index contributed by atoms with van der Waals surface area (Å²) < 4.78 is 61.1. The minimum Gasteiger partial charge on any atom is -0.345 e. The number of nitrogens with one attached hydrogen (secondary N) is 3. The number of H-pyrrole nitrogens is 1. The summed E-state index contributed by atoms with van der Waals surface area (Å²) in [7, 11) is -3.84. The molecule has 0 unspecified atom stereocenters. The molecule has 2 aliphatic rings. The largest absolute Gasteiger partial charge is 0.345 e. The zero-order valence-electron chi connectivity index (χ0n) is 18.3. The average molecular weight is 516 g/mol. The van der Waals surface area contributed by atoms with Crippen molar-refractivity contribution in [1.29, 1.82) is 0 Å². The van der Waals surface area contributed by atoms with E-state index >= 15 is 4.39 Å². The molecule has 0 fully saturated rings. The fourth-order valence-corrected chi connectivity index (χ4v) is 5.58. The van der Waals surface area contributed by atoms with Crippen LogP contribution < -0.4 is 9.44 Å². The van der Waals surface area contributed by atoms with Gasteiger partial charge >= 0.3 is 0 Å². The molecular weight excluding hydrogens is 496 g/mol. The second-order valence-corrected chi connectivity index (χ2v) is 10.5. The lowest BCUT2D eigenvalue weighted by Gasteiger charge is -2.17. The molecule has 35 heavy (non-hydrogen) atoms. The Kier molecular flexibility index (Phi) is 5.85. The number of allylic oxidation sites excluding steroid dienone is 3. The highest BCUT2D eigenvalue weighted by Gasteiger charge is 2.26. The van der Waals surface area contributed by atoms with Crippen molar-refractivity contribution in [3.05, 3.63) is 89.2 Å². The summed E-state index contributed by atoms with van der Waals surface area (Å²) >= 11 is 1.42. The monoisotopic (exact) mass is 515 g/mol. The van der Waals surface area contributed by atoms with Gasteiger partial charge in [0.05, 0.1) is 34.8 Å². The standard InChI is InChI=1S/C23H19F2N5O3S2/c1-2-7-35(32,33)29-19-4-3-18(24)20(21(19)25)22(31)17-12-27-23-16(17)9-14(10-26-23)13-5-6-30-15(8-13)11-28-34-30/h3-6,8-12,28-29H,2,7H2,1H3,(H,26,27). The number of ketones is 1. The van der Waals surface area contributed by atoms with Crippen molar-refractivity contribution in [3.63, 3.8) is 0 Å². The van der Waals surface area contributed by atoms with Crippen LogP contribution in [0.15, 0.2) is 60.8 Å². The summed E-state index contributed by atoms with van der Waals surface area (Å²) in [5.41, 5.74) is 1.54. The minimum absolute atomic E-state index is 0.0139. The van der Waals surface area contributed by atoms with Gasteiger partial charge in [-0.1, -0.05) is 6.92 Å². The van der Waals surface area contributed by atoms with Crippen molar-refractivity contribution >= 4 is 50.2 Å². The zero-order valence-corrected chi connectivity index (χ0v) is 19.9. The van der Waals surface area contributed by atoms with Gasteiger partial charge in [-0.2, -0.15) is 0 Å². The molecule has 3 N–H and O–H groups in total. The molecule has 180 valence electrons. The average Bonchev–Trinajstić information content (AvgIpc) is 3.46. The van der Waals surface area contributed by atoms with Crippen molar-refractivity contribution in [2.75, 3.05) is 10.5 Å². The summed E-state index contributed by atoms with van der Waals surface area (Å²) in [6.45, 7) is 1.66. The number of pyridine rings is 1. The molecule has 0 amide bonds. The molecule has 2 aliphatic heterocycles. The van der Waals surface area contributed by atoms with Crippen LogP contribution >= 0.6 is 12.1 Å². The van der Waals surface area contributed by atoms with Gasteiger partial charge in [0.1, 0.15) is 11.5 Å². The van der Waals surface area contributed by atoms with E-state index in [1.165, 1.54) is 18.3 Å². The van der Waals surface area contributed by atoms with Crippen LogP contribution in [0.3, 0.4) is 0 Å². The molecule has 12 heteroatoms. The Labute approximate surface area is 204 Å². The van der Waals surface area contributed by atoms with Crippen molar-refractivity contribution in [3.8, 4) is 0 Å². The van der Waals surface area contributed by atoms with Gasteiger partial charge in [0.15, 0.2) is 5.82 Å². The molecule has 0 radical (unpaired) electrons. The number of benzene rings is 1. The lowest BCUT2D eigenvalue weighted by Crippen LogP contribution is -2.18. The lowest BCUT2D eigenvalue weighted by atomic mass is 9.99. The predicted molar refractivity (Wildman–Crippen MR) is 131 cm³/mol. The van der Waals surface area contributed by atoms with Crippen LogP contribution in [0.25, 0.3) is 16.6 Å². The lowest BCUT2D eigenvalue weighted by molar-refractivity contribution is 0.103. The molecule has 2 aromatic heterocycles. The van der Waals surface area contributed by atoms with Gasteiger partial charge in [-0.3, -0.25) is 13.8 Å². The first-order chi connectivity index (χ1) is 16.8. The van der Waals surface area contributed by atoms with Crippen LogP contribution in [-0.2, 0) is 10.0 Å². The molecule has 3 aromatic rings. The second-order valence-electron chi connectivity index (χ2n) is 7.88. The Bertz CT molecular complexity index is 1560. The van der Waals surface area contributed by atoms with E-state index in [1.807, 2.05) is 28.9 Å². The summed E-state index contributed by atoms with van der Waals surface area (Å²) in [5, 5.41) is 0.382. The fourth-order valence-electron chi connectivity index (χ4n) is 3.83. The summed E-state index contributed by atoms with van der Waals surface area (Å²) in [6.07, 6.45) is 10.8. The summed E-state index contributed by atoms with van der Waals surface area (Å²) in [5.74, 6) is -3.54. The Morgan fingerprint density at radius 3 is 2.91 bits per heavy atom. The number of sulfonamides is 1. The van der Waals surface area contributed by atoms with E-state index in [4.69, 9.17) is 0 Å². The normalized spacial score (nSPS) is 15.0. The predicted octanol–water partition coefficient (Wildman–Crippen LogP) is 4.44. The number of aromatic amines is 1. The minimum atomic E-state index is -3.84. The maximum Gasteiger partial charge on any atom is 0.232 e. The maximum atomic E-state index is 15.2. The number of carbonyl (C=O) groups is 1. The van der Waals surface area contributed by atoms with E-state index in [1.54, 1.807) is 19.2 Å². The van der Waals surface area contributed by atoms with Crippen molar-refractivity contribution in [2.24, 2.45) is 0 Å². The third kappa shape index (κ3) is 4.30. The molecular formula is C23H19F2N5O3S2. The van der Waals surface area contributed by atoms with Crippen molar-refractivity contribution < 1.29 is 22.0 Å². The topological polar surface area (TPSA) is 107 Å². The van der Waals surface area contributed by atoms with Crippen LogP contribution in [0.4, 0.5) is 14.5 Å². The quantitative estimate of drug-likeness (QED) is 0.315. The number of nitrogens with zero attached hydrogens (tertiary/aromatic N) is 2. The van der Waals surface area contributed by atoms with E-state index in [9.17, 15) is 17.6 Å². The van der Waals surface area contributed by atoms with Crippen LogP contribution in [0.1, 0.15) is 34.8 Å². The van der Waals surface area contributed by atoms with E-state index in [0.29, 0.717) is 23.0 Å². The highest BCUT2D eigenvalue weighted by atomic mass is 32.2. The van der Waals surface area contributed by atoms with Gasteiger partial charge in [-0.25, -0.2) is 22.2 Å². The second kappa shape index (κ2) is 8.86. The maximum absolute atomic E-state index is 15.2. The molecule has 8 nitrogen and oxygen atoms in total. The molecule has 5 rings (SSSR count). The van der Waals surface area contributed by atoms with Crippen LogP contribution in [0.5, 0.6) is 0 Å². The van der Waals surface area contributed by atoms with Gasteiger partial charge in [0.25, 0.3) is 0 Å². The molecule has 0 atom stereocenters. The molecule has 1 aromatic carbocycles. The van der Waals surface area contributed by atoms with Crippen molar-refractivity contribution in [2.45, 2.75) is 13.3 Å². The number of hydrogen-bond donors (Lipinski definition) is 3. The van der Waals surface area contributed by atoms with Gasteiger partial charge in [-0.15, -0.1) is 0 Å². The fraction of sp³-hybridized carbons (Fsp3) is 0.130. The molecule has 4 heterocycles. The first-order valence-corrected chi connectivity index (χ1v) is 13.0. The first kappa shape index (κ1) is 23.1. The summed E-state index contributed by atoms with van der Waals surface area (Å²) in [6, 6.07) is 3.54. The van der Waals surface area contributed by atoms with E-state index < -0.39 is 38.7 Å². The van der Waals surface area contributed by atoms with Gasteiger partial charge in [0, 0.05) is 41.3 Å².